The van der Waals surface area contributed by atoms with Gasteiger partial charge in [0.15, 0.2) is 6.10 Å². The van der Waals surface area contributed by atoms with Crippen LogP contribution in [-0.4, -0.2) is 34.2 Å². The van der Waals surface area contributed by atoms with Crippen molar-refractivity contribution in [2.75, 3.05) is 6.16 Å². The Kier molecular flexibility index (Phi) is 9.32. The Labute approximate surface area is 244 Å². The van der Waals surface area contributed by atoms with E-state index in [1.54, 1.807) is 48.8 Å². The maximum absolute atomic E-state index is 14.8. The Balaban J connectivity index is 1.53. The molecular weight excluding hydrogens is 547 g/mol. The molecule has 0 spiro atoms. The molecule has 3 aromatic carbocycles. The maximum atomic E-state index is 14.8. The number of benzene rings is 3. The van der Waals surface area contributed by atoms with E-state index in [-0.39, 0.29) is 23.7 Å². The van der Waals surface area contributed by atoms with Crippen LogP contribution < -0.4 is 10.6 Å². The van der Waals surface area contributed by atoms with Gasteiger partial charge in [-0.05, 0) is 36.2 Å². The summed E-state index contributed by atoms with van der Waals surface area (Å²) in [5.41, 5.74) is 1.14. The molecule has 0 fully saturated rings. The highest BCUT2D eigenvalue weighted by Gasteiger charge is 2.35. The highest BCUT2D eigenvalue weighted by molar-refractivity contribution is 7.78. The fourth-order valence-electron chi connectivity index (χ4n) is 4.68. The van der Waals surface area contributed by atoms with Gasteiger partial charge in [0.2, 0.25) is 0 Å². The first-order valence-electron chi connectivity index (χ1n) is 13.5. The van der Waals surface area contributed by atoms with Crippen molar-refractivity contribution in [3.05, 3.63) is 157 Å². The minimum atomic E-state index is -3.17. The quantitative estimate of drug-likeness (QED) is 0.141. The molecule has 5 rings (SSSR count). The molecule has 0 aliphatic heterocycles. The van der Waals surface area contributed by atoms with Crippen LogP contribution >= 0.6 is 7.14 Å². The minimum Gasteiger partial charge on any atom is -0.454 e. The predicted octanol–water partition coefficient (Wildman–Crippen LogP) is 6.00. The molecule has 0 bridgehead atoms. The molecule has 0 saturated carbocycles. The molecule has 8 heteroatoms. The van der Waals surface area contributed by atoms with Gasteiger partial charge >= 0.3 is 11.9 Å². The van der Waals surface area contributed by atoms with Gasteiger partial charge < -0.3 is 14.0 Å². The summed E-state index contributed by atoms with van der Waals surface area (Å²) in [6.45, 7) is 0. The van der Waals surface area contributed by atoms with Crippen molar-refractivity contribution in [1.29, 1.82) is 0 Å². The fourth-order valence-corrected chi connectivity index (χ4v) is 7.42. The molecule has 0 radical (unpaired) electrons. The molecule has 2 heterocycles. The van der Waals surface area contributed by atoms with Crippen molar-refractivity contribution in [3.8, 4) is 0 Å². The zero-order valence-electron chi connectivity index (χ0n) is 22.7. The summed E-state index contributed by atoms with van der Waals surface area (Å²) in [5.74, 6) is -1.24. The molecule has 7 nitrogen and oxygen atoms in total. The average molecular weight is 577 g/mol. The lowest BCUT2D eigenvalue weighted by atomic mass is 10.0. The Morgan fingerprint density at radius 3 is 1.57 bits per heavy atom. The van der Waals surface area contributed by atoms with Crippen LogP contribution in [0.15, 0.2) is 140 Å². The lowest BCUT2D eigenvalue weighted by molar-refractivity contribution is -0.0382. The first-order valence-corrected chi connectivity index (χ1v) is 15.4. The molecule has 0 aliphatic carbocycles. The van der Waals surface area contributed by atoms with Crippen LogP contribution in [0.4, 0.5) is 0 Å². The molecule has 2 aromatic heterocycles. The van der Waals surface area contributed by atoms with Crippen LogP contribution in [0.2, 0.25) is 0 Å². The van der Waals surface area contributed by atoms with Crippen molar-refractivity contribution < 1.29 is 23.6 Å². The highest BCUT2D eigenvalue weighted by Crippen LogP contribution is 2.45. The first-order chi connectivity index (χ1) is 20.5. The van der Waals surface area contributed by atoms with Crippen molar-refractivity contribution >= 4 is 29.7 Å². The Hall–Kier alpha value is -4.87. The lowest BCUT2D eigenvalue weighted by Crippen LogP contribution is -2.31. The van der Waals surface area contributed by atoms with Gasteiger partial charge in [0, 0.05) is 41.6 Å². The second-order valence-electron chi connectivity index (χ2n) is 9.59. The maximum Gasteiger partial charge on any atom is 0.340 e. The predicted molar refractivity (Wildman–Crippen MR) is 162 cm³/mol. The molecule has 2 atom stereocenters. The summed E-state index contributed by atoms with van der Waals surface area (Å²) in [6, 6.07) is 34.1. The summed E-state index contributed by atoms with van der Waals surface area (Å²) < 4.78 is 26.9. The summed E-state index contributed by atoms with van der Waals surface area (Å²) >= 11 is 0. The molecule has 0 saturated heterocycles. The Morgan fingerprint density at radius 1 is 0.619 bits per heavy atom. The monoisotopic (exact) mass is 576 g/mol. The topological polar surface area (TPSA) is 95.5 Å². The summed E-state index contributed by atoms with van der Waals surface area (Å²) in [6.07, 6.45) is 4.31. The molecule has 42 heavy (non-hydrogen) atoms. The molecule has 0 aliphatic rings. The average Bonchev–Trinajstić information content (AvgIpc) is 3.07. The molecule has 0 unspecified atom stereocenters. The molecule has 0 N–H and O–H groups in total. The van der Waals surface area contributed by atoms with E-state index in [1.807, 2.05) is 78.9 Å². The number of pyridine rings is 2. The Morgan fingerprint density at radius 2 is 1.10 bits per heavy atom. The fraction of sp³-hybridized carbons (Fsp3) is 0.118. The normalized spacial score (nSPS) is 12.6. The molecule has 210 valence electrons. The van der Waals surface area contributed by atoms with Crippen molar-refractivity contribution in [3.63, 3.8) is 0 Å². The number of aromatic nitrogens is 2. The van der Waals surface area contributed by atoms with Crippen LogP contribution in [0.5, 0.6) is 0 Å². The number of ether oxygens (including phenoxy) is 2. The van der Waals surface area contributed by atoms with E-state index in [4.69, 9.17) is 9.47 Å². The summed E-state index contributed by atoms with van der Waals surface area (Å²) in [7, 11) is -3.17. The molecule has 0 amide bonds. The zero-order valence-corrected chi connectivity index (χ0v) is 23.6. The van der Waals surface area contributed by atoms with E-state index in [2.05, 4.69) is 9.97 Å². The number of nitrogens with zero attached hydrogens (tertiary/aromatic N) is 2. The second-order valence-corrected chi connectivity index (χ2v) is 12.5. The van der Waals surface area contributed by atoms with E-state index in [0.29, 0.717) is 16.2 Å². The van der Waals surface area contributed by atoms with Gasteiger partial charge in [-0.2, -0.15) is 0 Å². The Bertz CT molecular complexity index is 1590. The van der Waals surface area contributed by atoms with Gasteiger partial charge in [-0.15, -0.1) is 0 Å². The SMILES string of the molecule is O=C(O[C@@H](CCP(=O)(c1ccccc1)c1ccccc1)[C@@H](OC(=O)c1cccnc1)c1ccccc1)c1cccnc1. The van der Waals surface area contributed by atoms with Gasteiger partial charge in [0.25, 0.3) is 0 Å². The van der Waals surface area contributed by atoms with Crippen molar-refractivity contribution in [1.82, 2.24) is 9.97 Å². The van der Waals surface area contributed by atoms with Gasteiger partial charge in [0.05, 0.1) is 11.1 Å². The number of hydrogen-bond acceptors (Lipinski definition) is 7. The van der Waals surface area contributed by atoms with Gasteiger partial charge in [-0.25, -0.2) is 9.59 Å². The van der Waals surface area contributed by atoms with Crippen LogP contribution in [0.3, 0.4) is 0 Å². The number of carbonyl (C=O) groups excluding carboxylic acids is 2. The van der Waals surface area contributed by atoms with E-state index in [9.17, 15) is 14.2 Å². The zero-order chi connectivity index (χ0) is 29.2. The summed E-state index contributed by atoms with van der Waals surface area (Å²) in [4.78, 5) is 34.7. The second kappa shape index (κ2) is 13.7. The largest absolute Gasteiger partial charge is 0.454 e. The number of esters is 2. The van der Waals surface area contributed by atoms with Gasteiger partial charge in [-0.3, -0.25) is 9.97 Å². The number of carbonyl (C=O) groups is 2. The van der Waals surface area contributed by atoms with E-state index < -0.39 is 31.3 Å². The van der Waals surface area contributed by atoms with E-state index >= 15 is 0 Å². The number of hydrogen-bond donors (Lipinski definition) is 0. The number of rotatable bonds is 11. The van der Waals surface area contributed by atoms with Crippen molar-refractivity contribution in [2.45, 2.75) is 18.6 Å². The third-order valence-electron chi connectivity index (χ3n) is 6.83. The third-order valence-corrected chi connectivity index (χ3v) is 9.98. The van der Waals surface area contributed by atoms with Gasteiger partial charge in [-0.1, -0.05) is 91.0 Å². The lowest BCUT2D eigenvalue weighted by Gasteiger charge is -2.29. The molecular formula is C34H29N2O5P. The third kappa shape index (κ3) is 6.88. The van der Waals surface area contributed by atoms with Crippen LogP contribution in [0.1, 0.15) is 38.8 Å². The first kappa shape index (κ1) is 28.7. The minimum absolute atomic E-state index is 0.146. The standard InChI is InChI=1S/C34H29N2O5P/c37-33(27-14-10-21-35-24-27)40-31(20-23-42(39,29-16-6-2-7-17-29)30-18-8-3-9-19-30)32(26-12-4-1-5-13-26)41-34(38)28-15-11-22-36-25-28/h1-19,21-22,24-25,31-32H,20,23H2/t31-,32-/m0/s1. The summed E-state index contributed by atoms with van der Waals surface area (Å²) in [5, 5.41) is 1.38. The van der Waals surface area contributed by atoms with E-state index in [0.717, 1.165) is 0 Å². The van der Waals surface area contributed by atoms with E-state index in [1.165, 1.54) is 12.4 Å². The van der Waals surface area contributed by atoms with Gasteiger partial charge in [0.1, 0.15) is 13.2 Å². The van der Waals surface area contributed by atoms with Crippen LogP contribution in [0.25, 0.3) is 0 Å². The molecule has 5 aromatic rings. The highest BCUT2D eigenvalue weighted by atomic mass is 31.2. The van der Waals surface area contributed by atoms with Crippen molar-refractivity contribution in [2.24, 2.45) is 0 Å². The van der Waals surface area contributed by atoms with Crippen LogP contribution in [-0.2, 0) is 14.0 Å². The van der Waals surface area contributed by atoms with Crippen LogP contribution in [0, 0.1) is 0 Å². The smallest absolute Gasteiger partial charge is 0.340 e.